The number of fused-ring (bicyclic) bond motifs is 1. The van der Waals surface area contributed by atoms with Crippen LogP contribution in [0.2, 0.25) is 0 Å². The highest BCUT2D eigenvalue weighted by molar-refractivity contribution is 5.88. The topological polar surface area (TPSA) is 35.2 Å². The average molecular weight is 267 g/mol. The average Bonchev–Trinajstić information content (AvgIpc) is 3.00. The van der Waals surface area contributed by atoms with Gasteiger partial charge in [0, 0.05) is 23.3 Å². The van der Waals surface area contributed by atoms with E-state index in [2.05, 4.69) is 42.5 Å². The van der Waals surface area contributed by atoms with E-state index in [1.165, 1.54) is 36.5 Å². The number of ether oxygens (including phenoxy) is 1. The molecule has 104 valence electrons. The summed E-state index contributed by atoms with van der Waals surface area (Å²) in [4.78, 5) is 0. The van der Waals surface area contributed by atoms with Crippen molar-refractivity contribution in [3.63, 3.8) is 0 Å². The van der Waals surface area contributed by atoms with Crippen molar-refractivity contribution in [2.24, 2.45) is 11.1 Å². The van der Waals surface area contributed by atoms with Gasteiger partial charge in [-0.05, 0) is 24.3 Å². The van der Waals surface area contributed by atoms with Crippen molar-refractivity contribution in [3.8, 4) is 5.75 Å². The molecule has 2 aromatic carbocycles. The van der Waals surface area contributed by atoms with Crippen LogP contribution in [0, 0.1) is 5.41 Å². The molecule has 0 amide bonds. The summed E-state index contributed by atoms with van der Waals surface area (Å²) in [6, 6.07) is 15.1. The van der Waals surface area contributed by atoms with Crippen molar-refractivity contribution in [3.05, 3.63) is 42.5 Å². The Morgan fingerprint density at radius 3 is 2.55 bits per heavy atom. The van der Waals surface area contributed by atoms with E-state index < -0.39 is 0 Å². The van der Waals surface area contributed by atoms with E-state index >= 15 is 0 Å². The van der Waals surface area contributed by atoms with Crippen LogP contribution in [0.25, 0.3) is 10.8 Å². The van der Waals surface area contributed by atoms with Gasteiger partial charge in [0.05, 0.1) is 0 Å². The highest BCUT2D eigenvalue weighted by Gasteiger charge is 2.56. The molecule has 2 aromatic rings. The fourth-order valence-electron chi connectivity index (χ4n) is 4.12. The Kier molecular flexibility index (Phi) is 2.74. The van der Waals surface area contributed by atoms with Gasteiger partial charge < -0.3 is 10.5 Å². The molecule has 2 N–H and O–H groups in total. The summed E-state index contributed by atoms with van der Waals surface area (Å²) >= 11 is 0. The van der Waals surface area contributed by atoms with Gasteiger partial charge in [0.25, 0.3) is 0 Å². The lowest BCUT2D eigenvalue weighted by atomic mass is 9.61. The quantitative estimate of drug-likeness (QED) is 0.896. The van der Waals surface area contributed by atoms with Gasteiger partial charge in [-0.3, -0.25) is 0 Å². The van der Waals surface area contributed by atoms with E-state index in [1.807, 2.05) is 0 Å². The molecule has 0 radical (unpaired) electrons. The first-order chi connectivity index (χ1) is 9.79. The Morgan fingerprint density at radius 1 is 1.00 bits per heavy atom. The standard InChI is InChI=1S/C18H21NO/c19-16-12-17(18(16)10-3-4-11-18)20-15-9-5-7-13-6-1-2-8-14(13)15/h1-2,5-9,16-17H,3-4,10-12,19H2. The van der Waals surface area contributed by atoms with E-state index in [1.54, 1.807) is 0 Å². The Balaban J connectivity index is 1.65. The zero-order chi connectivity index (χ0) is 13.6. The molecule has 0 aromatic heterocycles. The van der Waals surface area contributed by atoms with E-state index in [4.69, 9.17) is 10.5 Å². The van der Waals surface area contributed by atoms with Gasteiger partial charge in [0.2, 0.25) is 0 Å². The van der Waals surface area contributed by atoms with Gasteiger partial charge in [-0.1, -0.05) is 49.2 Å². The number of rotatable bonds is 2. The molecular formula is C18H21NO. The Hall–Kier alpha value is -1.54. The summed E-state index contributed by atoms with van der Waals surface area (Å²) in [6.45, 7) is 0. The maximum Gasteiger partial charge on any atom is 0.127 e. The molecule has 2 atom stereocenters. The van der Waals surface area contributed by atoms with Crippen molar-refractivity contribution in [1.82, 2.24) is 0 Å². The van der Waals surface area contributed by atoms with Crippen molar-refractivity contribution in [1.29, 1.82) is 0 Å². The maximum absolute atomic E-state index is 6.39. The molecule has 2 heteroatoms. The molecule has 0 saturated heterocycles. The molecule has 4 rings (SSSR count). The van der Waals surface area contributed by atoms with Crippen LogP contribution in [-0.4, -0.2) is 12.1 Å². The van der Waals surface area contributed by atoms with Crippen molar-refractivity contribution < 1.29 is 4.74 Å². The smallest absolute Gasteiger partial charge is 0.127 e. The van der Waals surface area contributed by atoms with Crippen molar-refractivity contribution in [2.45, 2.75) is 44.2 Å². The van der Waals surface area contributed by atoms with Gasteiger partial charge in [0.1, 0.15) is 11.9 Å². The van der Waals surface area contributed by atoms with Crippen molar-refractivity contribution in [2.75, 3.05) is 0 Å². The lowest BCUT2D eigenvalue weighted by Gasteiger charge is -2.52. The third-order valence-corrected chi connectivity index (χ3v) is 5.40. The van der Waals surface area contributed by atoms with Crippen LogP contribution in [0.3, 0.4) is 0 Å². The van der Waals surface area contributed by atoms with Gasteiger partial charge >= 0.3 is 0 Å². The van der Waals surface area contributed by atoms with Gasteiger partial charge in [-0.2, -0.15) is 0 Å². The first-order valence-corrected chi connectivity index (χ1v) is 7.70. The second kappa shape index (κ2) is 4.49. The van der Waals surface area contributed by atoms with Crippen LogP contribution in [0.5, 0.6) is 5.75 Å². The molecule has 0 bridgehead atoms. The SMILES string of the molecule is NC1CC(Oc2cccc3ccccc23)C12CCCC2. The summed E-state index contributed by atoms with van der Waals surface area (Å²) in [5.74, 6) is 1.02. The van der Waals surface area contributed by atoms with E-state index in [0.717, 1.165) is 12.2 Å². The summed E-state index contributed by atoms with van der Waals surface area (Å²) in [5.41, 5.74) is 6.56. The highest BCUT2D eigenvalue weighted by Crippen LogP contribution is 2.54. The van der Waals surface area contributed by atoms with Crippen LogP contribution in [0.15, 0.2) is 42.5 Å². The third kappa shape index (κ3) is 1.68. The van der Waals surface area contributed by atoms with Gasteiger partial charge in [0.15, 0.2) is 0 Å². The number of hydrogen-bond donors (Lipinski definition) is 1. The second-order valence-corrected chi connectivity index (χ2v) is 6.37. The summed E-state index contributed by atoms with van der Waals surface area (Å²) in [5, 5.41) is 2.46. The molecule has 2 saturated carbocycles. The molecule has 0 aliphatic heterocycles. The molecular weight excluding hydrogens is 246 g/mol. The van der Waals surface area contributed by atoms with Crippen LogP contribution >= 0.6 is 0 Å². The largest absolute Gasteiger partial charge is 0.489 e. The minimum Gasteiger partial charge on any atom is -0.489 e. The molecule has 1 spiro atoms. The normalized spacial score (nSPS) is 27.6. The predicted octanol–water partition coefficient (Wildman–Crippen LogP) is 3.88. The minimum absolute atomic E-state index is 0.261. The lowest BCUT2D eigenvalue weighted by molar-refractivity contribution is -0.0612. The molecule has 0 heterocycles. The van der Waals surface area contributed by atoms with Crippen LogP contribution in [0.4, 0.5) is 0 Å². The second-order valence-electron chi connectivity index (χ2n) is 6.37. The fourth-order valence-corrected chi connectivity index (χ4v) is 4.12. The van der Waals surface area contributed by atoms with Crippen LogP contribution < -0.4 is 10.5 Å². The van der Waals surface area contributed by atoms with Crippen molar-refractivity contribution >= 4 is 10.8 Å². The third-order valence-electron chi connectivity index (χ3n) is 5.40. The number of benzene rings is 2. The Bertz CT molecular complexity index is 625. The first kappa shape index (κ1) is 12.2. The number of hydrogen-bond acceptors (Lipinski definition) is 2. The zero-order valence-corrected chi connectivity index (χ0v) is 11.7. The fraction of sp³-hybridized carbons (Fsp3) is 0.444. The maximum atomic E-state index is 6.39. The molecule has 2 unspecified atom stereocenters. The summed E-state index contributed by atoms with van der Waals surface area (Å²) < 4.78 is 6.39. The highest BCUT2D eigenvalue weighted by atomic mass is 16.5. The molecule has 2 nitrogen and oxygen atoms in total. The van der Waals surface area contributed by atoms with Crippen LogP contribution in [-0.2, 0) is 0 Å². The number of nitrogens with two attached hydrogens (primary N) is 1. The first-order valence-electron chi connectivity index (χ1n) is 7.70. The Morgan fingerprint density at radius 2 is 1.75 bits per heavy atom. The lowest BCUT2D eigenvalue weighted by Crippen LogP contribution is -2.62. The van der Waals surface area contributed by atoms with Crippen LogP contribution in [0.1, 0.15) is 32.1 Å². The minimum atomic E-state index is 0.261. The molecule has 20 heavy (non-hydrogen) atoms. The van der Waals surface area contributed by atoms with E-state index in [0.29, 0.717) is 12.1 Å². The molecule has 2 aliphatic rings. The summed E-state index contributed by atoms with van der Waals surface area (Å²) in [6.07, 6.45) is 6.41. The summed E-state index contributed by atoms with van der Waals surface area (Å²) in [7, 11) is 0. The predicted molar refractivity (Wildman–Crippen MR) is 81.9 cm³/mol. The van der Waals surface area contributed by atoms with Gasteiger partial charge in [-0.15, -0.1) is 0 Å². The van der Waals surface area contributed by atoms with E-state index in [-0.39, 0.29) is 5.41 Å². The monoisotopic (exact) mass is 267 g/mol. The zero-order valence-electron chi connectivity index (χ0n) is 11.7. The molecule has 2 fully saturated rings. The Labute approximate surface area is 119 Å². The van der Waals surface area contributed by atoms with Gasteiger partial charge in [-0.25, -0.2) is 0 Å². The van der Waals surface area contributed by atoms with E-state index in [9.17, 15) is 0 Å². The molecule has 2 aliphatic carbocycles.